The van der Waals surface area contributed by atoms with Crippen LogP contribution in [0.4, 0.5) is 0 Å². The topological polar surface area (TPSA) is 73.9 Å². The average Bonchev–Trinajstić information content (AvgIpc) is 2.28. The Morgan fingerprint density at radius 2 is 2.20 bits per heavy atom. The van der Waals surface area contributed by atoms with Crippen LogP contribution < -0.4 is 4.74 Å². The van der Waals surface area contributed by atoms with Gasteiger partial charge in [-0.05, 0) is 17.7 Å². The molecule has 4 heteroatoms. The molecule has 74 valence electrons. The largest absolute Gasteiger partial charge is 0.496 e. The fourth-order valence-corrected chi connectivity index (χ4v) is 1.26. The molecule has 0 saturated heterocycles. The minimum atomic E-state index is 0.185. The van der Waals surface area contributed by atoms with Gasteiger partial charge in [-0.2, -0.15) is 10.5 Å². The summed E-state index contributed by atoms with van der Waals surface area (Å²) in [5, 5.41) is 17.3. The monoisotopic (exact) mass is 200 g/mol. The number of nitrogens with zero attached hydrogens (tertiary/aromatic N) is 2. The molecule has 0 saturated carbocycles. The highest BCUT2D eigenvalue weighted by atomic mass is 16.5. The fourth-order valence-electron chi connectivity index (χ4n) is 1.26. The SMILES string of the molecule is COc1cc(CC#N)cc(C#N)c1C=O. The van der Waals surface area contributed by atoms with Gasteiger partial charge in [0, 0.05) is 0 Å². The third-order valence-electron chi connectivity index (χ3n) is 1.94. The number of carbonyl (C=O) groups excluding carboxylic acids is 1. The predicted octanol–water partition coefficient (Wildman–Crippen LogP) is 1.45. The smallest absolute Gasteiger partial charge is 0.155 e. The van der Waals surface area contributed by atoms with E-state index in [-0.39, 0.29) is 17.5 Å². The second-order valence-corrected chi connectivity index (χ2v) is 2.82. The van der Waals surface area contributed by atoms with E-state index in [9.17, 15) is 4.79 Å². The molecule has 0 N–H and O–H groups in total. The van der Waals surface area contributed by atoms with Crippen LogP contribution in [0.1, 0.15) is 21.5 Å². The van der Waals surface area contributed by atoms with Crippen LogP contribution in [-0.2, 0) is 6.42 Å². The van der Waals surface area contributed by atoms with Gasteiger partial charge >= 0.3 is 0 Å². The first-order chi connectivity index (χ1) is 7.26. The number of benzene rings is 1. The maximum Gasteiger partial charge on any atom is 0.155 e. The van der Waals surface area contributed by atoms with Crippen LogP contribution in [0.15, 0.2) is 12.1 Å². The summed E-state index contributed by atoms with van der Waals surface area (Å²) in [6.07, 6.45) is 0.762. The zero-order valence-corrected chi connectivity index (χ0v) is 8.15. The molecule has 1 aromatic carbocycles. The first-order valence-electron chi connectivity index (χ1n) is 4.20. The third kappa shape index (κ3) is 2.12. The second-order valence-electron chi connectivity index (χ2n) is 2.82. The van der Waals surface area contributed by atoms with Crippen molar-refractivity contribution in [3.05, 3.63) is 28.8 Å². The summed E-state index contributed by atoms with van der Waals surface area (Å²) >= 11 is 0. The van der Waals surface area contributed by atoms with Gasteiger partial charge < -0.3 is 4.74 Å². The van der Waals surface area contributed by atoms with Crippen molar-refractivity contribution in [2.24, 2.45) is 0 Å². The van der Waals surface area contributed by atoms with Gasteiger partial charge in [0.2, 0.25) is 0 Å². The highest BCUT2D eigenvalue weighted by Crippen LogP contribution is 2.22. The molecule has 4 nitrogen and oxygen atoms in total. The number of carbonyl (C=O) groups is 1. The maximum atomic E-state index is 10.7. The molecule has 0 aliphatic rings. The van der Waals surface area contributed by atoms with Crippen LogP contribution >= 0.6 is 0 Å². The van der Waals surface area contributed by atoms with E-state index >= 15 is 0 Å². The molecule has 0 radical (unpaired) electrons. The lowest BCUT2D eigenvalue weighted by molar-refractivity contribution is 0.112. The molecule has 1 rings (SSSR count). The number of hydrogen-bond donors (Lipinski definition) is 0. The number of aldehydes is 1. The van der Waals surface area contributed by atoms with E-state index < -0.39 is 0 Å². The van der Waals surface area contributed by atoms with E-state index in [2.05, 4.69) is 0 Å². The Morgan fingerprint density at radius 1 is 1.47 bits per heavy atom. The molecule has 0 fully saturated rings. The van der Waals surface area contributed by atoms with E-state index in [1.807, 2.05) is 12.1 Å². The van der Waals surface area contributed by atoms with Crippen molar-refractivity contribution >= 4 is 6.29 Å². The number of rotatable bonds is 3. The van der Waals surface area contributed by atoms with Crippen LogP contribution in [0, 0.1) is 22.7 Å². The number of ether oxygens (including phenoxy) is 1. The minimum absolute atomic E-state index is 0.185. The summed E-state index contributed by atoms with van der Waals surface area (Å²) in [4.78, 5) is 10.7. The molecule has 0 heterocycles. The van der Waals surface area contributed by atoms with E-state index in [1.54, 1.807) is 6.07 Å². The Morgan fingerprint density at radius 3 is 2.67 bits per heavy atom. The van der Waals surface area contributed by atoms with Gasteiger partial charge in [-0.25, -0.2) is 0 Å². The van der Waals surface area contributed by atoms with Gasteiger partial charge in [0.15, 0.2) is 6.29 Å². The van der Waals surface area contributed by atoms with Crippen LogP contribution in [-0.4, -0.2) is 13.4 Å². The van der Waals surface area contributed by atoms with Crippen molar-refractivity contribution in [1.82, 2.24) is 0 Å². The molecule has 0 atom stereocenters. The number of methoxy groups -OCH3 is 1. The average molecular weight is 200 g/mol. The predicted molar refractivity (Wildman–Crippen MR) is 52.4 cm³/mol. The Hall–Kier alpha value is -2.33. The van der Waals surface area contributed by atoms with Crippen LogP contribution in [0.5, 0.6) is 5.75 Å². The molecule has 0 spiro atoms. The van der Waals surface area contributed by atoms with Gasteiger partial charge in [-0.1, -0.05) is 0 Å². The first kappa shape index (κ1) is 10.7. The normalized spacial score (nSPS) is 8.73. The van der Waals surface area contributed by atoms with Crippen LogP contribution in [0.2, 0.25) is 0 Å². The Bertz CT molecular complexity index is 467. The molecule has 0 aliphatic carbocycles. The van der Waals surface area contributed by atoms with E-state index in [4.69, 9.17) is 15.3 Å². The van der Waals surface area contributed by atoms with Gasteiger partial charge in [0.1, 0.15) is 11.8 Å². The quantitative estimate of drug-likeness (QED) is 0.692. The minimum Gasteiger partial charge on any atom is -0.496 e. The lowest BCUT2D eigenvalue weighted by Crippen LogP contribution is -1.97. The molecule has 15 heavy (non-hydrogen) atoms. The molecule has 0 unspecified atom stereocenters. The summed E-state index contributed by atoms with van der Waals surface area (Å²) in [7, 11) is 1.42. The lowest BCUT2D eigenvalue weighted by Gasteiger charge is -2.06. The summed E-state index contributed by atoms with van der Waals surface area (Å²) in [5.41, 5.74) is 1.12. The summed E-state index contributed by atoms with van der Waals surface area (Å²) in [6.45, 7) is 0. The Balaban J connectivity index is 3.38. The van der Waals surface area contributed by atoms with E-state index in [0.29, 0.717) is 17.6 Å². The zero-order chi connectivity index (χ0) is 11.3. The number of nitriles is 2. The van der Waals surface area contributed by atoms with E-state index in [1.165, 1.54) is 13.2 Å². The highest BCUT2D eigenvalue weighted by molar-refractivity contribution is 5.83. The molecule has 0 bridgehead atoms. The fraction of sp³-hybridized carbons (Fsp3) is 0.182. The van der Waals surface area contributed by atoms with Gasteiger partial charge in [0.25, 0.3) is 0 Å². The molecular weight excluding hydrogens is 192 g/mol. The van der Waals surface area contributed by atoms with Crippen LogP contribution in [0.25, 0.3) is 0 Å². The van der Waals surface area contributed by atoms with Crippen molar-refractivity contribution in [1.29, 1.82) is 10.5 Å². The van der Waals surface area contributed by atoms with Gasteiger partial charge in [-0.15, -0.1) is 0 Å². The third-order valence-corrected chi connectivity index (χ3v) is 1.94. The summed E-state index contributed by atoms with van der Waals surface area (Å²) in [5.74, 6) is 0.328. The molecule has 0 amide bonds. The van der Waals surface area contributed by atoms with Crippen molar-refractivity contribution in [2.75, 3.05) is 7.11 Å². The van der Waals surface area contributed by atoms with Crippen molar-refractivity contribution in [2.45, 2.75) is 6.42 Å². The van der Waals surface area contributed by atoms with Crippen LogP contribution in [0.3, 0.4) is 0 Å². The van der Waals surface area contributed by atoms with E-state index in [0.717, 1.165) is 0 Å². The Kier molecular flexibility index (Phi) is 3.43. The van der Waals surface area contributed by atoms with Gasteiger partial charge in [-0.3, -0.25) is 4.79 Å². The molecule has 1 aromatic rings. The zero-order valence-electron chi connectivity index (χ0n) is 8.15. The Labute approximate surface area is 87.3 Å². The highest BCUT2D eigenvalue weighted by Gasteiger charge is 2.10. The molecular formula is C11H8N2O2. The maximum absolute atomic E-state index is 10.7. The second kappa shape index (κ2) is 4.78. The molecule has 0 aromatic heterocycles. The molecule has 0 aliphatic heterocycles. The van der Waals surface area contributed by atoms with Crippen molar-refractivity contribution in [3.63, 3.8) is 0 Å². The van der Waals surface area contributed by atoms with Crippen molar-refractivity contribution in [3.8, 4) is 17.9 Å². The summed E-state index contributed by atoms with van der Waals surface area (Å²) in [6, 6.07) is 6.98. The standard InChI is InChI=1S/C11H8N2O2/c1-15-11-5-8(2-3-12)4-9(6-13)10(11)7-14/h4-5,7H,2H2,1H3. The first-order valence-corrected chi connectivity index (χ1v) is 4.20. The van der Waals surface area contributed by atoms with Crippen molar-refractivity contribution < 1.29 is 9.53 Å². The number of hydrogen-bond acceptors (Lipinski definition) is 4. The lowest BCUT2D eigenvalue weighted by atomic mass is 10.0. The summed E-state index contributed by atoms with van der Waals surface area (Å²) < 4.78 is 4.97. The van der Waals surface area contributed by atoms with Gasteiger partial charge in [0.05, 0.1) is 30.7 Å².